The summed E-state index contributed by atoms with van der Waals surface area (Å²) in [5.41, 5.74) is 0. The van der Waals surface area contributed by atoms with Crippen LogP contribution in [0.25, 0.3) is 0 Å². The standard InChI is InChI=1S/C42H84N2/c1-4-7-10-13-15-17-19-20-21-22-23-24-26-28-30-33-36-39-44-41-40-43(38-35-32-12-9-6-3)42(44)37-34-31-29-27-25-18-16-14-11-8-5-2/h40-42H,4-39H2,1-3H3. The topological polar surface area (TPSA) is 6.48 Å². The maximum absolute atomic E-state index is 2.72. The average molecular weight is 617 g/mol. The van der Waals surface area contributed by atoms with Crippen molar-refractivity contribution in [2.45, 2.75) is 245 Å². The highest BCUT2D eigenvalue weighted by molar-refractivity contribution is 4.97. The summed E-state index contributed by atoms with van der Waals surface area (Å²) >= 11 is 0. The van der Waals surface area contributed by atoms with Crippen LogP contribution in [0.1, 0.15) is 239 Å². The molecule has 0 fully saturated rings. The molecule has 0 saturated carbocycles. The first-order chi connectivity index (χ1) is 21.8. The number of unbranched alkanes of at least 4 members (excludes halogenated alkanes) is 30. The molecule has 1 rings (SSSR count). The van der Waals surface area contributed by atoms with Crippen LogP contribution in [0.15, 0.2) is 12.4 Å². The molecule has 0 amide bonds. The second kappa shape index (κ2) is 33.7. The van der Waals surface area contributed by atoms with Crippen molar-refractivity contribution in [3.8, 4) is 0 Å². The fourth-order valence-corrected chi connectivity index (χ4v) is 7.25. The van der Waals surface area contributed by atoms with Gasteiger partial charge in [0, 0.05) is 25.5 Å². The summed E-state index contributed by atoms with van der Waals surface area (Å²) in [7, 11) is 0. The van der Waals surface area contributed by atoms with Crippen LogP contribution in [-0.4, -0.2) is 29.1 Å². The lowest BCUT2D eigenvalue weighted by atomic mass is 10.0. The third-order valence-electron chi connectivity index (χ3n) is 10.3. The number of rotatable bonds is 36. The van der Waals surface area contributed by atoms with Gasteiger partial charge in [0.2, 0.25) is 0 Å². The van der Waals surface area contributed by atoms with E-state index in [9.17, 15) is 0 Å². The van der Waals surface area contributed by atoms with Gasteiger partial charge in [-0.15, -0.1) is 0 Å². The molecule has 1 aliphatic heterocycles. The molecule has 2 nitrogen and oxygen atoms in total. The van der Waals surface area contributed by atoms with E-state index in [4.69, 9.17) is 0 Å². The zero-order valence-corrected chi connectivity index (χ0v) is 31.1. The highest BCUT2D eigenvalue weighted by Crippen LogP contribution is 2.24. The Balaban J connectivity index is 2.10. The van der Waals surface area contributed by atoms with Gasteiger partial charge in [0.05, 0.1) is 0 Å². The predicted molar refractivity (Wildman–Crippen MR) is 200 cm³/mol. The van der Waals surface area contributed by atoms with Gasteiger partial charge in [-0.25, -0.2) is 0 Å². The van der Waals surface area contributed by atoms with E-state index in [1.807, 2.05) is 0 Å². The molecule has 1 unspecified atom stereocenters. The van der Waals surface area contributed by atoms with Crippen LogP contribution >= 0.6 is 0 Å². The Labute approximate surface area is 280 Å². The Morgan fingerprint density at radius 2 is 0.523 bits per heavy atom. The Hall–Kier alpha value is -0.660. The van der Waals surface area contributed by atoms with Crippen molar-refractivity contribution in [2.75, 3.05) is 13.1 Å². The molecular formula is C42H84N2. The second-order valence-electron chi connectivity index (χ2n) is 14.6. The van der Waals surface area contributed by atoms with E-state index in [2.05, 4.69) is 43.0 Å². The van der Waals surface area contributed by atoms with Gasteiger partial charge >= 0.3 is 0 Å². The van der Waals surface area contributed by atoms with Crippen molar-refractivity contribution in [1.82, 2.24) is 9.80 Å². The molecule has 0 bridgehead atoms. The molecule has 0 saturated heterocycles. The summed E-state index contributed by atoms with van der Waals surface area (Å²) in [4.78, 5) is 5.42. The summed E-state index contributed by atoms with van der Waals surface area (Å²) in [6.07, 6.45) is 54.4. The fraction of sp³-hybridized carbons (Fsp3) is 0.952. The Kier molecular flexibility index (Phi) is 31.7. The minimum absolute atomic E-state index is 0.640. The van der Waals surface area contributed by atoms with Gasteiger partial charge in [0.25, 0.3) is 0 Å². The number of hydrogen-bond acceptors (Lipinski definition) is 2. The zero-order valence-electron chi connectivity index (χ0n) is 31.1. The lowest BCUT2D eigenvalue weighted by Gasteiger charge is -2.33. The maximum Gasteiger partial charge on any atom is 0.101 e. The van der Waals surface area contributed by atoms with Gasteiger partial charge in [0.1, 0.15) is 6.17 Å². The smallest absolute Gasteiger partial charge is 0.101 e. The third-order valence-corrected chi connectivity index (χ3v) is 10.3. The van der Waals surface area contributed by atoms with Gasteiger partial charge < -0.3 is 9.80 Å². The molecule has 0 aromatic carbocycles. The van der Waals surface area contributed by atoms with Crippen molar-refractivity contribution in [2.24, 2.45) is 0 Å². The molecule has 1 heterocycles. The molecule has 0 N–H and O–H groups in total. The van der Waals surface area contributed by atoms with Crippen molar-refractivity contribution in [3.63, 3.8) is 0 Å². The summed E-state index contributed by atoms with van der Waals surface area (Å²) in [6, 6.07) is 0. The highest BCUT2D eigenvalue weighted by Gasteiger charge is 2.24. The number of nitrogens with zero attached hydrogens (tertiary/aromatic N) is 2. The normalized spacial score (nSPS) is 14.8. The summed E-state index contributed by atoms with van der Waals surface area (Å²) in [5, 5.41) is 0. The average Bonchev–Trinajstić information content (AvgIpc) is 3.42. The lowest BCUT2D eigenvalue weighted by Crippen LogP contribution is -2.39. The van der Waals surface area contributed by atoms with Crippen LogP contribution < -0.4 is 0 Å². The van der Waals surface area contributed by atoms with E-state index >= 15 is 0 Å². The summed E-state index contributed by atoms with van der Waals surface area (Å²) in [5.74, 6) is 0. The van der Waals surface area contributed by atoms with E-state index in [0.717, 1.165) is 0 Å². The molecule has 44 heavy (non-hydrogen) atoms. The monoisotopic (exact) mass is 617 g/mol. The first kappa shape index (κ1) is 41.4. The van der Waals surface area contributed by atoms with Crippen molar-refractivity contribution in [3.05, 3.63) is 12.4 Å². The van der Waals surface area contributed by atoms with Crippen molar-refractivity contribution in [1.29, 1.82) is 0 Å². The van der Waals surface area contributed by atoms with Gasteiger partial charge in [-0.1, -0.05) is 213 Å². The largest absolute Gasteiger partial charge is 0.356 e. The van der Waals surface area contributed by atoms with Crippen molar-refractivity contribution < 1.29 is 0 Å². The molecule has 0 aromatic rings. The van der Waals surface area contributed by atoms with E-state index in [1.165, 1.54) is 231 Å². The minimum atomic E-state index is 0.640. The number of hydrogen-bond donors (Lipinski definition) is 0. The van der Waals surface area contributed by atoms with Crippen LogP contribution in [-0.2, 0) is 0 Å². The molecular weight excluding hydrogens is 532 g/mol. The Morgan fingerprint density at radius 3 is 0.795 bits per heavy atom. The minimum Gasteiger partial charge on any atom is -0.356 e. The Bertz CT molecular complexity index is 572. The predicted octanol–water partition coefficient (Wildman–Crippen LogP) is 14.7. The SMILES string of the molecule is CCCCCCCCCCCCCCCCCCCN1C=CN(CCCCCCC)C1CCCCCCCCCCCCC. The fourth-order valence-electron chi connectivity index (χ4n) is 7.25. The maximum atomic E-state index is 2.72. The van der Waals surface area contributed by atoms with Gasteiger partial charge in [-0.2, -0.15) is 0 Å². The third kappa shape index (κ3) is 25.5. The van der Waals surface area contributed by atoms with E-state index < -0.39 is 0 Å². The highest BCUT2D eigenvalue weighted by atomic mass is 15.4. The zero-order chi connectivity index (χ0) is 31.6. The molecule has 1 atom stereocenters. The summed E-state index contributed by atoms with van der Waals surface area (Å²) in [6.45, 7) is 9.48. The van der Waals surface area contributed by atoms with Crippen LogP contribution in [0, 0.1) is 0 Å². The molecule has 1 aliphatic rings. The molecule has 0 spiro atoms. The van der Waals surface area contributed by atoms with Crippen molar-refractivity contribution >= 4 is 0 Å². The molecule has 0 radical (unpaired) electrons. The lowest BCUT2D eigenvalue weighted by molar-refractivity contribution is 0.135. The first-order valence-electron chi connectivity index (χ1n) is 21.0. The van der Waals surface area contributed by atoms with E-state index in [-0.39, 0.29) is 0 Å². The van der Waals surface area contributed by atoms with Crippen LogP contribution in [0.4, 0.5) is 0 Å². The molecule has 2 heteroatoms. The quantitative estimate of drug-likeness (QED) is 0.0646. The molecule has 262 valence electrons. The van der Waals surface area contributed by atoms with Crippen LogP contribution in [0.5, 0.6) is 0 Å². The van der Waals surface area contributed by atoms with E-state index in [0.29, 0.717) is 6.17 Å². The first-order valence-corrected chi connectivity index (χ1v) is 21.0. The van der Waals surface area contributed by atoms with Gasteiger partial charge in [0.15, 0.2) is 0 Å². The van der Waals surface area contributed by atoms with Crippen LogP contribution in [0.2, 0.25) is 0 Å². The van der Waals surface area contributed by atoms with Crippen LogP contribution in [0.3, 0.4) is 0 Å². The van der Waals surface area contributed by atoms with E-state index in [1.54, 1.807) is 0 Å². The summed E-state index contributed by atoms with van der Waals surface area (Å²) < 4.78 is 0. The van der Waals surface area contributed by atoms with Gasteiger partial charge in [-0.3, -0.25) is 0 Å². The molecule has 0 aliphatic carbocycles. The van der Waals surface area contributed by atoms with Gasteiger partial charge in [-0.05, 0) is 25.7 Å². The second-order valence-corrected chi connectivity index (χ2v) is 14.6. The molecule has 0 aromatic heterocycles. The Morgan fingerprint density at radius 1 is 0.295 bits per heavy atom.